The zero-order valence-corrected chi connectivity index (χ0v) is 40.9. The van der Waals surface area contributed by atoms with Crippen LogP contribution in [0.3, 0.4) is 0 Å². The molecular formula is C56H98O6. The summed E-state index contributed by atoms with van der Waals surface area (Å²) in [6.45, 7) is 6.44. The molecule has 0 aliphatic carbocycles. The molecule has 0 aromatic carbocycles. The third kappa shape index (κ3) is 48.1. The monoisotopic (exact) mass is 867 g/mol. The molecule has 0 spiro atoms. The summed E-state index contributed by atoms with van der Waals surface area (Å²) in [6.07, 6.45) is 62.3. The lowest BCUT2D eigenvalue weighted by Crippen LogP contribution is -2.30. The standard InChI is InChI=1S/C56H98O6/c1-4-7-10-13-16-19-22-25-26-27-28-29-30-32-34-37-40-43-46-49-55(58)61-52-53(51-60-54(57)48-45-42-39-36-33-24-21-18-15-12-9-6-3)62-56(59)50-47-44-41-38-35-31-23-20-17-14-11-8-5-2/h8,11,17-18,20-21,31,35,41,44,53H,4-7,9-10,12-16,19,22-30,32-34,36-40,42-43,45-52H2,1-3H3/b11-8-,20-17-,21-18-,35-31-,44-41-. The second kappa shape index (κ2) is 50.8. The smallest absolute Gasteiger partial charge is 0.306 e. The molecule has 0 N–H and O–H groups in total. The van der Waals surface area contributed by atoms with Gasteiger partial charge in [0.25, 0.3) is 0 Å². The molecule has 0 radical (unpaired) electrons. The van der Waals surface area contributed by atoms with Gasteiger partial charge in [0.2, 0.25) is 0 Å². The number of carbonyl (C=O) groups excluding carboxylic acids is 3. The minimum absolute atomic E-state index is 0.103. The largest absolute Gasteiger partial charge is 0.462 e. The third-order valence-corrected chi connectivity index (χ3v) is 11.3. The Hall–Kier alpha value is -2.89. The Bertz CT molecular complexity index is 1130. The summed E-state index contributed by atoms with van der Waals surface area (Å²) >= 11 is 0. The van der Waals surface area contributed by atoms with Crippen molar-refractivity contribution in [2.45, 2.75) is 264 Å². The average Bonchev–Trinajstić information content (AvgIpc) is 3.27. The van der Waals surface area contributed by atoms with E-state index in [9.17, 15) is 14.4 Å². The Labute approximate surface area is 383 Å². The summed E-state index contributed by atoms with van der Waals surface area (Å²) in [5.74, 6) is -0.989. The molecule has 0 saturated heterocycles. The molecule has 6 heteroatoms. The average molecular weight is 867 g/mol. The molecule has 0 aromatic rings. The number of carbonyl (C=O) groups is 3. The Kier molecular flexibility index (Phi) is 48.4. The Morgan fingerprint density at radius 1 is 0.339 bits per heavy atom. The maximum atomic E-state index is 12.7. The van der Waals surface area contributed by atoms with Crippen LogP contribution in [0.15, 0.2) is 60.8 Å². The summed E-state index contributed by atoms with van der Waals surface area (Å²) in [4.78, 5) is 37.9. The Morgan fingerprint density at radius 3 is 1.08 bits per heavy atom. The topological polar surface area (TPSA) is 78.9 Å². The summed E-state index contributed by atoms with van der Waals surface area (Å²) in [5.41, 5.74) is 0. The van der Waals surface area contributed by atoms with Crippen molar-refractivity contribution < 1.29 is 28.6 Å². The Balaban J connectivity index is 4.38. The highest BCUT2D eigenvalue weighted by Crippen LogP contribution is 2.16. The lowest BCUT2D eigenvalue weighted by molar-refractivity contribution is -0.166. The minimum Gasteiger partial charge on any atom is -0.462 e. The van der Waals surface area contributed by atoms with Crippen molar-refractivity contribution >= 4 is 17.9 Å². The first-order valence-corrected chi connectivity index (χ1v) is 26.3. The molecule has 358 valence electrons. The van der Waals surface area contributed by atoms with Crippen LogP contribution in [-0.4, -0.2) is 37.2 Å². The highest BCUT2D eigenvalue weighted by molar-refractivity contribution is 5.71. The van der Waals surface area contributed by atoms with Crippen LogP contribution in [-0.2, 0) is 28.6 Å². The van der Waals surface area contributed by atoms with E-state index in [-0.39, 0.29) is 37.5 Å². The van der Waals surface area contributed by atoms with Crippen molar-refractivity contribution in [1.29, 1.82) is 0 Å². The first-order valence-electron chi connectivity index (χ1n) is 26.3. The number of hydrogen-bond donors (Lipinski definition) is 0. The quantitative estimate of drug-likeness (QED) is 0.0262. The van der Waals surface area contributed by atoms with E-state index in [0.717, 1.165) is 77.0 Å². The van der Waals surface area contributed by atoms with Crippen molar-refractivity contribution in [1.82, 2.24) is 0 Å². The van der Waals surface area contributed by atoms with Gasteiger partial charge in [-0.25, -0.2) is 0 Å². The van der Waals surface area contributed by atoms with Crippen LogP contribution >= 0.6 is 0 Å². The van der Waals surface area contributed by atoms with Gasteiger partial charge in [-0.05, 0) is 70.6 Å². The molecule has 0 aliphatic heterocycles. The van der Waals surface area contributed by atoms with Crippen LogP contribution in [0, 0.1) is 0 Å². The van der Waals surface area contributed by atoms with Gasteiger partial charge in [-0.15, -0.1) is 0 Å². The summed E-state index contributed by atoms with van der Waals surface area (Å²) < 4.78 is 16.7. The number of esters is 3. The van der Waals surface area contributed by atoms with E-state index in [1.165, 1.54) is 135 Å². The van der Waals surface area contributed by atoms with Crippen LogP contribution in [0.2, 0.25) is 0 Å². The third-order valence-electron chi connectivity index (χ3n) is 11.3. The predicted octanol–water partition coefficient (Wildman–Crippen LogP) is 17.3. The van der Waals surface area contributed by atoms with Crippen molar-refractivity contribution in [3.63, 3.8) is 0 Å². The number of rotatable bonds is 47. The molecule has 0 aromatic heterocycles. The van der Waals surface area contributed by atoms with Gasteiger partial charge in [-0.2, -0.15) is 0 Å². The summed E-state index contributed by atoms with van der Waals surface area (Å²) in [6, 6.07) is 0. The van der Waals surface area contributed by atoms with Crippen LogP contribution in [0.1, 0.15) is 258 Å². The molecule has 0 saturated carbocycles. The van der Waals surface area contributed by atoms with Gasteiger partial charge in [-0.3, -0.25) is 14.4 Å². The van der Waals surface area contributed by atoms with Crippen LogP contribution in [0.5, 0.6) is 0 Å². The minimum atomic E-state index is -0.812. The number of allylic oxidation sites excluding steroid dienone is 10. The molecule has 0 heterocycles. The first kappa shape index (κ1) is 59.1. The maximum Gasteiger partial charge on any atom is 0.306 e. The second-order valence-corrected chi connectivity index (χ2v) is 17.4. The van der Waals surface area contributed by atoms with Gasteiger partial charge in [0.05, 0.1) is 0 Å². The molecule has 6 nitrogen and oxygen atoms in total. The lowest BCUT2D eigenvalue weighted by atomic mass is 10.0. The zero-order valence-electron chi connectivity index (χ0n) is 40.9. The highest BCUT2D eigenvalue weighted by Gasteiger charge is 2.19. The fourth-order valence-corrected chi connectivity index (χ4v) is 7.33. The van der Waals surface area contributed by atoms with E-state index < -0.39 is 6.10 Å². The van der Waals surface area contributed by atoms with E-state index in [4.69, 9.17) is 14.2 Å². The normalized spacial score (nSPS) is 12.5. The molecule has 0 aliphatic rings. The molecule has 0 fully saturated rings. The van der Waals surface area contributed by atoms with Gasteiger partial charge in [0, 0.05) is 19.3 Å². The number of hydrogen-bond acceptors (Lipinski definition) is 6. The second-order valence-electron chi connectivity index (χ2n) is 17.4. The van der Waals surface area contributed by atoms with E-state index in [1.807, 2.05) is 12.2 Å². The lowest BCUT2D eigenvalue weighted by Gasteiger charge is -2.18. The number of ether oxygens (including phenoxy) is 3. The molecule has 1 unspecified atom stereocenters. The molecule has 1 atom stereocenters. The van der Waals surface area contributed by atoms with Gasteiger partial charge in [-0.1, -0.05) is 229 Å². The van der Waals surface area contributed by atoms with Crippen molar-refractivity contribution in [2.24, 2.45) is 0 Å². The fraction of sp³-hybridized carbons (Fsp3) is 0.768. The van der Waals surface area contributed by atoms with E-state index in [2.05, 4.69) is 69.4 Å². The predicted molar refractivity (Wildman–Crippen MR) is 265 cm³/mol. The van der Waals surface area contributed by atoms with Crippen molar-refractivity contribution in [2.75, 3.05) is 13.2 Å². The maximum absolute atomic E-state index is 12.7. The molecule has 62 heavy (non-hydrogen) atoms. The summed E-state index contributed by atoms with van der Waals surface area (Å²) in [5, 5.41) is 0. The van der Waals surface area contributed by atoms with Crippen LogP contribution in [0.25, 0.3) is 0 Å². The highest BCUT2D eigenvalue weighted by atomic mass is 16.6. The SMILES string of the molecule is CC/C=C\C/C=C\C/C=C\C/C=C\CCC(=O)OC(COC(=O)CCCCCCC/C=C\CCCCC)COC(=O)CCCCCCCCCCCCCCCCCCCCC. The van der Waals surface area contributed by atoms with E-state index >= 15 is 0 Å². The molecular weight excluding hydrogens is 769 g/mol. The van der Waals surface area contributed by atoms with Gasteiger partial charge < -0.3 is 14.2 Å². The summed E-state index contributed by atoms with van der Waals surface area (Å²) in [7, 11) is 0. The molecule has 0 amide bonds. The van der Waals surface area contributed by atoms with E-state index in [0.29, 0.717) is 19.3 Å². The van der Waals surface area contributed by atoms with E-state index in [1.54, 1.807) is 0 Å². The Morgan fingerprint density at radius 2 is 0.661 bits per heavy atom. The van der Waals surface area contributed by atoms with Crippen LogP contribution < -0.4 is 0 Å². The molecule has 0 rings (SSSR count). The fourth-order valence-electron chi connectivity index (χ4n) is 7.33. The van der Waals surface area contributed by atoms with Gasteiger partial charge in [0.1, 0.15) is 13.2 Å². The first-order chi connectivity index (χ1) is 30.5. The number of unbranched alkanes of at least 4 members (excludes halogenated alkanes) is 26. The van der Waals surface area contributed by atoms with Crippen molar-refractivity contribution in [3.05, 3.63) is 60.8 Å². The zero-order chi connectivity index (χ0) is 45.1. The van der Waals surface area contributed by atoms with Gasteiger partial charge >= 0.3 is 17.9 Å². The van der Waals surface area contributed by atoms with Crippen molar-refractivity contribution in [3.8, 4) is 0 Å². The van der Waals surface area contributed by atoms with Crippen LogP contribution in [0.4, 0.5) is 0 Å². The van der Waals surface area contributed by atoms with Gasteiger partial charge in [0.15, 0.2) is 6.10 Å². The molecule has 0 bridgehead atoms.